The summed E-state index contributed by atoms with van der Waals surface area (Å²) in [5.74, 6) is -2.21. The summed E-state index contributed by atoms with van der Waals surface area (Å²) in [6.07, 6.45) is 0.280. The first-order valence-electron chi connectivity index (χ1n) is 11.1. The maximum atomic E-state index is 15.0. The van der Waals surface area contributed by atoms with E-state index in [1.54, 1.807) is 27.0 Å². The molecule has 34 heavy (non-hydrogen) atoms. The van der Waals surface area contributed by atoms with Gasteiger partial charge in [-0.3, -0.25) is 19.5 Å². The minimum absolute atomic E-state index is 0.00457. The van der Waals surface area contributed by atoms with Gasteiger partial charge in [0.2, 0.25) is 5.91 Å². The summed E-state index contributed by atoms with van der Waals surface area (Å²) in [7, 11) is 0. The predicted octanol–water partition coefficient (Wildman–Crippen LogP) is 0.902. The van der Waals surface area contributed by atoms with Gasteiger partial charge in [0, 0.05) is 49.5 Å². The fourth-order valence-corrected chi connectivity index (χ4v) is 5.20. The van der Waals surface area contributed by atoms with Crippen LogP contribution in [0.4, 0.5) is 4.39 Å². The highest BCUT2D eigenvalue weighted by Gasteiger charge is 2.54. The van der Waals surface area contributed by atoms with E-state index in [1.807, 2.05) is 10.3 Å². The number of hydrogen-bond donors (Lipinski definition) is 2. The molecule has 3 aliphatic rings. The van der Waals surface area contributed by atoms with Gasteiger partial charge >= 0.3 is 11.9 Å². The lowest BCUT2D eigenvalue weighted by Gasteiger charge is -2.30. The number of nitrogens with zero attached hydrogens (tertiary/aromatic N) is 4. The Morgan fingerprint density at radius 1 is 1.38 bits per heavy atom. The van der Waals surface area contributed by atoms with E-state index in [-0.39, 0.29) is 45.2 Å². The average Bonchev–Trinajstić information content (AvgIpc) is 3.48. The molecule has 3 atom stereocenters. The molecule has 0 aromatic carbocycles. The molecule has 0 bridgehead atoms. The highest BCUT2D eigenvalue weighted by Crippen LogP contribution is 2.36. The number of carboxylic acid groups (broad SMARTS) is 1. The van der Waals surface area contributed by atoms with Crippen molar-refractivity contribution >= 4 is 35.0 Å². The maximum Gasteiger partial charge on any atom is 0.337 e. The molecule has 4 heterocycles. The molecular formula is C22H28FN5O5S. The monoisotopic (exact) mass is 493 g/mol. The van der Waals surface area contributed by atoms with E-state index >= 15 is 4.39 Å². The van der Waals surface area contributed by atoms with Gasteiger partial charge in [0.25, 0.3) is 0 Å². The fourth-order valence-electron chi connectivity index (χ4n) is 4.60. The zero-order valence-electron chi connectivity index (χ0n) is 19.3. The van der Waals surface area contributed by atoms with E-state index in [2.05, 4.69) is 15.3 Å². The molecule has 12 heteroatoms. The van der Waals surface area contributed by atoms with Crippen molar-refractivity contribution < 1.29 is 28.6 Å². The molecule has 0 saturated carbocycles. The van der Waals surface area contributed by atoms with Crippen molar-refractivity contribution in [3.8, 4) is 0 Å². The van der Waals surface area contributed by atoms with Gasteiger partial charge in [0.15, 0.2) is 10.8 Å². The van der Waals surface area contributed by atoms with Crippen molar-refractivity contribution in [3.05, 3.63) is 27.9 Å². The van der Waals surface area contributed by atoms with Crippen molar-refractivity contribution in [2.45, 2.75) is 33.0 Å². The number of aliphatic carboxylic acids is 1. The molecule has 1 amide bonds. The minimum atomic E-state index is -1.38. The zero-order valence-corrected chi connectivity index (χ0v) is 20.1. The van der Waals surface area contributed by atoms with Gasteiger partial charge in [-0.1, -0.05) is 0 Å². The van der Waals surface area contributed by atoms with Crippen LogP contribution in [0.15, 0.2) is 27.8 Å². The largest absolute Gasteiger partial charge is 0.481 e. The number of rotatable bonds is 8. The van der Waals surface area contributed by atoms with Gasteiger partial charge in [-0.05, 0) is 20.8 Å². The number of alkyl halides is 1. The van der Waals surface area contributed by atoms with E-state index in [4.69, 9.17) is 4.74 Å². The number of amidine groups is 1. The van der Waals surface area contributed by atoms with Gasteiger partial charge in [-0.15, -0.1) is 11.3 Å². The van der Waals surface area contributed by atoms with Gasteiger partial charge in [0.05, 0.1) is 30.1 Å². The number of nitrogens with one attached hydrogen (secondary N) is 1. The Morgan fingerprint density at radius 3 is 2.79 bits per heavy atom. The van der Waals surface area contributed by atoms with Gasteiger partial charge in [0.1, 0.15) is 6.17 Å². The Morgan fingerprint density at radius 2 is 2.15 bits per heavy atom. The first-order chi connectivity index (χ1) is 16.1. The zero-order chi connectivity index (χ0) is 24.6. The first-order valence-corrected chi connectivity index (χ1v) is 12.0. The lowest BCUT2D eigenvalue weighted by Crippen LogP contribution is -2.44. The molecule has 0 spiro atoms. The van der Waals surface area contributed by atoms with Crippen molar-refractivity contribution in [1.29, 1.82) is 0 Å². The molecule has 2 N–H and O–H groups in total. The number of ether oxygens (including phenoxy) is 1. The number of fused-ring (bicyclic) bond motifs is 1. The van der Waals surface area contributed by atoms with E-state index in [0.29, 0.717) is 22.1 Å². The van der Waals surface area contributed by atoms with E-state index in [0.717, 1.165) is 0 Å². The van der Waals surface area contributed by atoms with Gasteiger partial charge < -0.3 is 20.1 Å². The van der Waals surface area contributed by atoms with Crippen molar-refractivity contribution in [1.82, 2.24) is 20.1 Å². The summed E-state index contributed by atoms with van der Waals surface area (Å²) in [5.41, 5.74) is -0.244. The molecule has 2 saturated heterocycles. The second-order valence-corrected chi connectivity index (χ2v) is 10.1. The van der Waals surface area contributed by atoms with Crippen molar-refractivity contribution in [3.63, 3.8) is 0 Å². The lowest BCUT2D eigenvalue weighted by atomic mass is 9.93. The molecule has 4 rings (SSSR count). The molecule has 2 fully saturated rings. The standard InChI is InChI=1S/C22H28FN5O5S/c1-4-33-20(30)12-7-25-17(18-24-5-6-34-18)26-14(12)9-27-8-13(23)16-15(27)10-28(19(16)29)11-22(2,3)21(31)32/h5-6,13,15-16H,4,7-11H2,1-3H3,(H,25,26)(H,31,32). The summed E-state index contributed by atoms with van der Waals surface area (Å²) in [5, 5.41) is 15.1. The number of carbonyl (C=O) groups is 3. The van der Waals surface area contributed by atoms with Crippen LogP contribution in [0.3, 0.4) is 0 Å². The van der Waals surface area contributed by atoms with Crippen LogP contribution >= 0.6 is 11.3 Å². The first kappa shape index (κ1) is 24.3. The van der Waals surface area contributed by atoms with Crippen LogP contribution in [-0.2, 0) is 19.1 Å². The van der Waals surface area contributed by atoms with Crippen LogP contribution < -0.4 is 5.32 Å². The minimum Gasteiger partial charge on any atom is -0.481 e. The van der Waals surface area contributed by atoms with Crippen LogP contribution in [0.25, 0.3) is 0 Å². The summed E-state index contributed by atoms with van der Waals surface area (Å²) in [6.45, 7) is 5.60. The average molecular weight is 494 g/mol. The third-order valence-electron chi connectivity index (χ3n) is 6.40. The second kappa shape index (κ2) is 9.41. The summed E-state index contributed by atoms with van der Waals surface area (Å²) in [6, 6.07) is -0.424. The summed E-state index contributed by atoms with van der Waals surface area (Å²) in [4.78, 5) is 49.0. The number of carbonyl (C=O) groups excluding carboxylic acids is 2. The van der Waals surface area contributed by atoms with Crippen LogP contribution in [-0.4, -0.2) is 95.1 Å². The smallest absolute Gasteiger partial charge is 0.337 e. The van der Waals surface area contributed by atoms with Crippen LogP contribution in [0.5, 0.6) is 0 Å². The van der Waals surface area contributed by atoms with E-state index in [1.165, 1.54) is 16.2 Å². The molecular weight excluding hydrogens is 465 g/mol. The van der Waals surface area contributed by atoms with Gasteiger partial charge in [-0.25, -0.2) is 14.2 Å². The van der Waals surface area contributed by atoms with Crippen molar-refractivity contribution in [2.24, 2.45) is 16.3 Å². The predicted molar refractivity (Wildman–Crippen MR) is 122 cm³/mol. The quantitative estimate of drug-likeness (QED) is 0.512. The third kappa shape index (κ3) is 4.56. The van der Waals surface area contributed by atoms with Crippen molar-refractivity contribution in [2.75, 3.05) is 39.3 Å². The molecule has 1 aromatic heterocycles. The molecule has 3 aliphatic heterocycles. The van der Waals surface area contributed by atoms with E-state index < -0.39 is 35.5 Å². The fraction of sp³-hybridized carbons (Fsp3) is 0.591. The molecule has 184 valence electrons. The topological polar surface area (TPSA) is 124 Å². The summed E-state index contributed by atoms with van der Waals surface area (Å²) < 4.78 is 20.2. The second-order valence-electron chi connectivity index (χ2n) is 9.25. The number of amides is 1. The molecule has 0 radical (unpaired) electrons. The Labute approximate surface area is 200 Å². The number of carboxylic acids is 1. The Balaban J connectivity index is 1.55. The maximum absolute atomic E-state index is 15.0. The van der Waals surface area contributed by atoms with Crippen LogP contribution in [0.2, 0.25) is 0 Å². The number of thiazole rings is 1. The molecule has 0 aliphatic carbocycles. The number of likely N-dealkylation sites (tertiary alicyclic amines) is 2. The Hall–Kier alpha value is -2.86. The normalized spacial score (nSPS) is 25.3. The lowest BCUT2D eigenvalue weighted by molar-refractivity contribution is -0.149. The highest BCUT2D eigenvalue weighted by molar-refractivity contribution is 7.11. The number of halogens is 1. The SMILES string of the molecule is CCOC(=O)C1=C(CN2CC(F)C3C(=O)N(CC(C)(C)C(=O)O)CC32)NC(c2nccs2)=NC1. The highest BCUT2D eigenvalue weighted by atomic mass is 32.1. The molecule has 1 aromatic rings. The summed E-state index contributed by atoms with van der Waals surface area (Å²) >= 11 is 1.40. The number of aromatic nitrogens is 1. The number of aliphatic imine (C=N–C) groups is 1. The molecule has 10 nitrogen and oxygen atoms in total. The number of esters is 1. The Kier molecular flexibility index (Phi) is 6.72. The number of hydrogen-bond acceptors (Lipinski definition) is 9. The van der Waals surface area contributed by atoms with E-state index in [9.17, 15) is 19.5 Å². The third-order valence-corrected chi connectivity index (χ3v) is 7.18. The Bertz CT molecular complexity index is 1040. The van der Waals surface area contributed by atoms with Gasteiger partial charge in [-0.2, -0.15) is 0 Å². The van der Waals surface area contributed by atoms with Crippen LogP contribution in [0.1, 0.15) is 25.8 Å². The van der Waals surface area contributed by atoms with Crippen LogP contribution in [0, 0.1) is 11.3 Å². The molecule has 3 unspecified atom stereocenters.